The number of alkyl halides is 3. The number of carbonyl (C=O) groups is 1. The lowest BCUT2D eigenvalue weighted by atomic mass is 10.2. The number of thiazole rings is 1. The zero-order valence-electron chi connectivity index (χ0n) is 19.8. The van der Waals surface area contributed by atoms with Gasteiger partial charge < -0.3 is 10.1 Å². The van der Waals surface area contributed by atoms with Crippen LogP contribution < -0.4 is 15.8 Å². The third kappa shape index (κ3) is 7.86. The molecule has 3 aromatic rings. The molecule has 0 unspecified atom stereocenters. The van der Waals surface area contributed by atoms with E-state index >= 15 is 0 Å². The van der Waals surface area contributed by atoms with Crippen LogP contribution in [0.15, 0.2) is 35.2 Å². The maximum Gasteiger partial charge on any atom is 0.433 e. The van der Waals surface area contributed by atoms with Gasteiger partial charge in [-0.2, -0.15) is 18.2 Å². The number of nitrogens with two attached hydrogens (primary N) is 1. The molecule has 2 aromatic heterocycles. The summed E-state index contributed by atoms with van der Waals surface area (Å²) in [6, 6.07) is 6.24. The van der Waals surface area contributed by atoms with E-state index < -0.39 is 27.9 Å². The molecule has 0 radical (unpaired) electrons. The molecule has 0 bridgehead atoms. The van der Waals surface area contributed by atoms with Crippen LogP contribution in [0.3, 0.4) is 0 Å². The number of hydrogen-bond acceptors (Lipinski definition) is 10. The first kappa shape index (κ1) is 28.9. The van der Waals surface area contributed by atoms with Gasteiger partial charge in [0.2, 0.25) is 16.0 Å². The van der Waals surface area contributed by atoms with Crippen molar-refractivity contribution in [2.75, 3.05) is 17.2 Å². The minimum atomic E-state index is -4.75. The molecule has 10 nitrogen and oxygen atoms in total. The van der Waals surface area contributed by atoms with Gasteiger partial charge in [0.25, 0.3) is 0 Å². The Morgan fingerprint density at radius 2 is 1.78 bits per heavy atom. The highest BCUT2D eigenvalue weighted by atomic mass is 32.2. The molecule has 0 atom stereocenters. The fourth-order valence-corrected chi connectivity index (χ4v) is 4.03. The summed E-state index contributed by atoms with van der Waals surface area (Å²) in [4.78, 5) is 23.7. The molecule has 0 fully saturated rings. The third-order valence-corrected chi connectivity index (χ3v) is 6.20. The first-order valence-corrected chi connectivity index (χ1v) is 13.0. The van der Waals surface area contributed by atoms with E-state index in [0.717, 1.165) is 17.4 Å². The second-order valence-corrected chi connectivity index (χ2v) is 9.34. The molecule has 15 heteroatoms. The number of anilines is 3. The number of ether oxygens (including phenoxy) is 1. The lowest BCUT2D eigenvalue weighted by Crippen LogP contribution is -2.13. The lowest BCUT2D eigenvalue weighted by molar-refractivity contribution is -0.141. The largest absolute Gasteiger partial charge is 0.462 e. The maximum absolute atomic E-state index is 13.4. The molecule has 196 valence electrons. The number of carbonyl (C=O) groups excluding carboxylic acids is 1. The lowest BCUT2D eigenvalue weighted by Gasteiger charge is -2.12. The van der Waals surface area contributed by atoms with Gasteiger partial charge in [0.05, 0.1) is 17.2 Å². The third-order valence-electron chi connectivity index (χ3n) is 4.22. The van der Waals surface area contributed by atoms with Crippen LogP contribution in [0.1, 0.15) is 47.4 Å². The molecule has 0 aliphatic carbocycles. The number of hydrogen-bond donors (Lipinski definition) is 3. The van der Waals surface area contributed by atoms with E-state index in [1.165, 1.54) is 24.3 Å². The summed E-state index contributed by atoms with van der Waals surface area (Å²) >= 11 is 0.897. The normalized spacial score (nSPS) is 11.3. The van der Waals surface area contributed by atoms with Crippen molar-refractivity contribution in [2.45, 2.75) is 45.3 Å². The Labute approximate surface area is 210 Å². The smallest absolute Gasteiger partial charge is 0.433 e. The average Bonchev–Trinajstić information content (AvgIpc) is 3.18. The van der Waals surface area contributed by atoms with Gasteiger partial charge in [0.1, 0.15) is 10.7 Å². The number of nitrogens with zero attached hydrogens (tertiary/aromatic N) is 3. The minimum absolute atomic E-state index is 0.0437. The monoisotopic (exact) mass is 546 g/mol. The van der Waals surface area contributed by atoms with Crippen molar-refractivity contribution < 1.29 is 31.1 Å². The first-order valence-electron chi connectivity index (χ1n) is 10.6. The van der Waals surface area contributed by atoms with Gasteiger partial charge in [-0.3, -0.25) is 5.32 Å². The zero-order chi connectivity index (χ0) is 27.1. The molecule has 4 N–H and O–H groups in total. The maximum atomic E-state index is 13.4. The van der Waals surface area contributed by atoms with Crippen molar-refractivity contribution in [2.24, 2.45) is 5.14 Å². The van der Waals surface area contributed by atoms with E-state index in [2.05, 4.69) is 25.6 Å². The van der Waals surface area contributed by atoms with Crippen molar-refractivity contribution in [3.05, 3.63) is 52.2 Å². The second-order valence-electron chi connectivity index (χ2n) is 6.78. The van der Waals surface area contributed by atoms with E-state index in [0.29, 0.717) is 11.3 Å². The van der Waals surface area contributed by atoms with Crippen LogP contribution in [0.2, 0.25) is 0 Å². The number of aryl methyl sites for hydroxylation is 1. The molecule has 3 rings (SSSR count). The van der Waals surface area contributed by atoms with Gasteiger partial charge >= 0.3 is 12.1 Å². The summed E-state index contributed by atoms with van der Waals surface area (Å²) in [5.74, 6) is -1.11. The molecule has 2 heterocycles. The van der Waals surface area contributed by atoms with Crippen molar-refractivity contribution in [3.8, 4) is 0 Å². The number of halogens is 3. The Bertz CT molecular complexity index is 1300. The highest BCUT2D eigenvalue weighted by Gasteiger charge is 2.34. The molecule has 0 aliphatic rings. The van der Waals surface area contributed by atoms with Crippen LogP contribution in [0, 0.1) is 6.92 Å². The van der Waals surface area contributed by atoms with Crippen LogP contribution in [0.4, 0.5) is 30.1 Å². The second kappa shape index (κ2) is 12.1. The summed E-state index contributed by atoms with van der Waals surface area (Å²) in [5.41, 5.74) is -0.279. The predicted octanol–water partition coefficient (Wildman–Crippen LogP) is 4.47. The fourth-order valence-electron chi connectivity index (χ4n) is 2.66. The minimum Gasteiger partial charge on any atom is -0.462 e. The van der Waals surface area contributed by atoms with Gasteiger partial charge in [0, 0.05) is 12.6 Å². The molecule has 36 heavy (non-hydrogen) atoms. The van der Waals surface area contributed by atoms with Crippen LogP contribution in [-0.2, 0) is 27.5 Å². The molecule has 0 saturated carbocycles. The summed E-state index contributed by atoms with van der Waals surface area (Å²) < 4.78 is 67.7. The van der Waals surface area contributed by atoms with Gasteiger partial charge in [0.15, 0.2) is 10.8 Å². The molecule has 0 amide bonds. The number of rotatable bonds is 8. The molecule has 0 aliphatic heterocycles. The van der Waals surface area contributed by atoms with E-state index in [4.69, 9.17) is 9.88 Å². The highest BCUT2D eigenvalue weighted by molar-refractivity contribution is 7.89. The quantitative estimate of drug-likeness (QED) is 0.348. The van der Waals surface area contributed by atoms with Gasteiger partial charge in [-0.05, 0) is 31.5 Å². The number of aromatic nitrogens is 3. The van der Waals surface area contributed by atoms with Gasteiger partial charge in [-0.1, -0.05) is 37.3 Å². The number of nitrogens with one attached hydrogen (secondary N) is 2. The Hall–Kier alpha value is -3.30. The Morgan fingerprint density at radius 3 is 2.33 bits per heavy atom. The number of sulfonamides is 1. The Balaban J connectivity index is 0.00000222. The SMILES string of the molecule is CC.CCOC(=O)c1sc(Nc2nc(NCc3ccc(S(N)(=O)=O)cc3)cc(C(F)(F)F)n2)nc1C. The zero-order valence-corrected chi connectivity index (χ0v) is 21.4. The topological polar surface area (TPSA) is 149 Å². The number of benzene rings is 1. The summed E-state index contributed by atoms with van der Waals surface area (Å²) in [6.07, 6.45) is -4.75. The van der Waals surface area contributed by atoms with Crippen LogP contribution in [-0.4, -0.2) is 35.9 Å². The first-order chi connectivity index (χ1) is 16.9. The summed E-state index contributed by atoms with van der Waals surface area (Å²) in [6.45, 7) is 7.42. The summed E-state index contributed by atoms with van der Waals surface area (Å²) in [7, 11) is -3.86. The Morgan fingerprint density at radius 1 is 1.14 bits per heavy atom. The number of esters is 1. The summed E-state index contributed by atoms with van der Waals surface area (Å²) in [5, 5.41) is 10.5. The highest BCUT2D eigenvalue weighted by Crippen LogP contribution is 2.31. The Kier molecular flexibility index (Phi) is 9.72. The van der Waals surface area contributed by atoms with Gasteiger partial charge in [-0.15, -0.1) is 0 Å². The van der Waals surface area contributed by atoms with E-state index in [9.17, 15) is 26.4 Å². The van der Waals surface area contributed by atoms with Crippen LogP contribution in [0.25, 0.3) is 0 Å². The van der Waals surface area contributed by atoms with Crippen molar-refractivity contribution >= 4 is 44.2 Å². The van der Waals surface area contributed by atoms with E-state index in [1.54, 1.807) is 13.8 Å². The molecule has 0 saturated heterocycles. The molecular weight excluding hydrogens is 521 g/mol. The van der Waals surface area contributed by atoms with Crippen molar-refractivity contribution in [1.29, 1.82) is 0 Å². The van der Waals surface area contributed by atoms with Crippen LogP contribution in [0.5, 0.6) is 0 Å². The van der Waals surface area contributed by atoms with E-state index in [1.807, 2.05) is 13.8 Å². The fraction of sp³-hybridized carbons (Fsp3) is 0.333. The molecule has 0 spiro atoms. The molecule has 1 aromatic carbocycles. The van der Waals surface area contributed by atoms with E-state index in [-0.39, 0.29) is 39.8 Å². The predicted molar refractivity (Wildman–Crippen MR) is 130 cm³/mol. The standard InChI is InChI=1S/C19H19F3N6O4S2.C2H6/c1-3-32-16(29)15-10(2)25-18(33-15)28-17-26-13(19(20,21)22)8-14(27-17)24-9-11-4-6-12(7-5-11)34(23,30)31;1-2/h4-8H,3,9H2,1-2H3,(H2,23,30,31)(H2,24,25,26,27,28);1-2H3. The van der Waals surface area contributed by atoms with Crippen LogP contribution >= 0.6 is 11.3 Å². The van der Waals surface area contributed by atoms with Gasteiger partial charge in [-0.25, -0.2) is 28.3 Å². The molecular formula is C21H25F3N6O4S2. The van der Waals surface area contributed by atoms with Crippen molar-refractivity contribution in [1.82, 2.24) is 15.0 Å². The number of primary sulfonamides is 1. The average molecular weight is 547 g/mol. The van der Waals surface area contributed by atoms with Crippen molar-refractivity contribution in [3.63, 3.8) is 0 Å².